The molecule has 7 nitrogen and oxygen atoms in total. The smallest absolute Gasteiger partial charge is 0.314 e. The molecule has 0 unspecified atom stereocenters. The van der Waals surface area contributed by atoms with E-state index in [0.717, 1.165) is 30.6 Å². The van der Waals surface area contributed by atoms with Crippen molar-refractivity contribution in [3.8, 4) is 5.75 Å². The Morgan fingerprint density at radius 1 is 1.07 bits per heavy atom. The van der Waals surface area contributed by atoms with Crippen LogP contribution in [0.15, 0.2) is 48.8 Å². The van der Waals surface area contributed by atoms with Gasteiger partial charge in [0.05, 0.1) is 7.11 Å². The number of rotatable bonds is 7. The minimum atomic E-state index is -0.145. The molecule has 0 radical (unpaired) electrons. The number of nitrogens with zero attached hydrogens (tertiary/aromatic N) is 2. The third-order valence-corrected chi connectivity index (χ3v) is 5.24. The predicted octanol–water partition coefficient (Wildman–Crippen LogP) is 2.48. The molecule has 0 saturated carbocycles. The van der Waals surface area contributed by atoms with Gasteiger partial charge in [-0.05, 0) is 55.0 Å². The van der Waals surface area contributed by atoms with Crippen molar-refractivity contribution in [3.63, 3.8) is 0 Å². The first kappa shape index (κ1) is 20.6. The van der Waals surface area contributed by atoms with E-state index in [1.165, 1.54) is 0 Å². The lowest BCUT2D eigenvalue weighted by molar-refractivity contribution is 0.0690. The number of hydrogen-bond donors (Lipinski definition) is 2. The lowest BCUT2D eigenvalue weighted by atomic mass is 9.96. The first-order valence-electron chi connectivity index (χ1n) is 9.99. The molecule has 1 aliphatic heterocycles. The zero-order chi connectivity index (χ0) is 20.5. The fraction of sp³-hybridized carbons (Fsp3) is 0.409. The standard InChI is InChI=1S/C22H28N4O3/c1-29-20-4-2-17(3-5-20)6-13-24-22(28)25-16-18-9-14-26(15-10-18)21(27)19-7-11-23-12-8-19/h2-5,7-8,11-12,18H,6,9-10,13-16H2,1H3,(H2,24,25,28). The zero-order valence-corrected chi connectivity index (χ0v) is 16.8. The number of methoxy groups -OCH3 is 1. The number of likely N-dealkylation sites (tertiary alicyclic amines) is 1. The third kappa shape index (κ3) is 6.20. The molecule has 7 heteroatoms. The zero-order valence-electron chi connectivity index (χ0n) is 16.8. The van der Waals surface area contributed by atoms with Crippen LogP contribution in [0.2, 0.25) is 0 Å². The van der Waals surface area contributed by atoms with Crippen molar-refractivity contribution >= 4 is 11.9 Å². The minimum absolute atomic E-state index is 0.0510. The van der Waals surface area contributed by atoms with Crippen molar-refractivity contribution in [2.24, 2.45) is 5.92 Å². The molecule has 2 aromatic rings. The molecule has 1 aromatic carbocycles. The molecule has 154 valence electrons. The minimum Gasteiger partial charge on any atom is -0.497 e. The highest BCUT2D eigenvalue weighted by Crippen LogP contribution is 2.18. The van der Waals surface area contributed by atoms with Crippen LogP contribution in [0.5, 0.6) is 5.75 Å². The Balaban J connectivity index is 1.31. The van der Waals surface area contributed by atoms with Gasteiger partial charge in [-0.25, -0.2) is 4.79 Å². The monoisotopic (exact) mass is 396 g/mol. The van der Waals surface area contributed by atoms with Gasteiger partial charge < -0.3 is 20.3 Å². The van der Waals surface area contributed by atoms with E-state index in [9.17, 15) is 9.59 Å². The van der Waals surface area contributed by atoms with E-state index in [4.69, 9.17) is 4.74 Å². The molecule has 1 saturated heterocycles. The molecule has 1 aliphatic rings. The second-order valence-corrected chi connectivity index (χ2v) is 7.21. The molecule has 29 heavy (non-hydrogen) atoms. The summed E-state index contributed by atoms with van der Waals surface area (Å²) < 4.78 is 5.14. The maximum Gasteiger partial charge on any atom is 0.314 e. The summed E-state index contributed by atoms with van der Waals surface area (Å²) in [7, 11) is 1.64. The van der Waals surface area contributed by atoms with E-state index < -0.39 is 0 Å². The van der Waals surface area contributed by atoms with E-state index in [0.29, 0.717) is 37.7 Å². The van der Waals surface area contributed by atoms with Gasteiger partial charge in [0.15, 0.2) is 0 Å². The Bertz CT molecular complexity index is 787. The maximum atomic E-state index is 12.5. The highest BCUT2D eigenvalue weighted by molar-refractivity contribution is 5.94. The topological polar surface area (TPSA) is 83.6 Å². The summed E-state index contributed by atoms with van der Waals surface area (Å²) in [6.45, 7) is 2.64. The van der Waals surface area contributed by atoms with Gasteiger partial charge in [0.25, 0.3) is 5.91 Å². The van der Waals surface area contributed by atoms with Crippen molar-refractivity contribution in [1.82, 2.24) is 20.5 Å². The molecule has 3 amide bonds. The molecule has 0 spiro atoms. The quantitative estimate of drug-likeness (QED) is 0.753. The molecule has 1 aromatic heterocycles. The third-order valence-electron chi connectivity index (χ3n) is 5.24. The number of carbonyl (C=O) groups excluding carboxylic acids is 2. The number of pyridine rings is 1. The normalized spacial score (nSPS) is 14.3. The van der Waals surface area contributed by atoms with Crippen molar-refractivity contribution in [2.45, 2.75) is 19.3 Å². The summed E-state index contributed by atoms with van der Waals surface area (Å²) in [6, 6.07) is 11.2. The average Bonchev–Trinajstić information content (AvgIpc) is 2.78. The number of carbonyl (C=O) groups is 2. The van der Waals surface area contributed by atoms with E-state index in [2.05, 4.69) is 15.6 Å². The van der Waals surface area contributed by atoms with Crippen LogP contribution in [0.25, 0.3) is 0 Å². The average molecular weight is 396 g/mol. The summed E-state index contributed by atoms with van der Waals surface area (Å²) in [4.78, 5) is 30.3. The number of benzene rings is 1. The van der Waals surface area contributed by atoms with Crippen LogP contribution in [-0.4, -0.2) is 55.1 Å². The number of amides is 3. The van der Waals surface area contributed by atoms with E-state index >= 15 is 0 Å². The molecule has 0 bridgehead atoms. The Kier molecular flexibility index (Phi) is 7.44. The number of piperidine rings is 1. The van der Waals surface area contributed by atoms with Crippen LogP contribution < -0.4 is 15.4 Å². The molecule has 2 N–H and O–H groups in total. The van der Waals surface area contributed by atoms with Crippen LogP contribution in [-0.2, 0) is 6.42 Å². The first-order chi connectivity index (χ1) is 14.2. The van der Waals surface area contributed by atoms with E-state index in [1.54, 1.807) is 31.6 Å². The first-order valence-corrected chi connectivity index (χ1v) is 9.99. The van der Waals surface area contributed by atoms with Crippen LogP contribution in [0.3, 0.4) is 0 Å². The summed E-state index contributed by atoms with van der Waals surface area (Å²) in [5.74, 6) is 1.27. The van der Waals surface area contributed by atoms with Crippen LogP contribution in [0.1, 0.15) is 28.8 Å². The Morgan fingerprint density at radius 2 is 1.76 bits per heavy atom. The number of nitrogens with one attached hydrogen (secondary N) is 2. The largest absolute Gasteiger partial charge is 0.497 e. The highest BCUT2D eigenvalue weighted by Gasteiger charge is 2.23. The second kappa shape index (κ2) is 10.5. The maximum absolute atomic E-state index is 12.5. The van der Waals surface area contributed by atoms with Gasteiger partial charge in [0, 0.05) is 44.1 Å². The molecule has 0 atom stereocenters. The molecule has 3 rings (SSSR count). The molecular weight excluding hydrogens is 368 g/mol. The van der Waals surface area contributed by atoms with Crippen LogP contribution in [0, 0.1) is 5.92 Å². The fourth-order valence-electron chi connectivity index (χ4n) is 3.43. The number of ether oxygens (including phenoxy) is 1. The van der Waals surface area contributed by atoms with Crippen molar-refractivity contribution < 1.29 is 14.3 Å². The summed E-state index contributed by atoms with van der Waals surface area (Å²) in [6.07, 6.45) is 5.83. The summed E-state index contributed by atoms with van der Waals surface area (Å²) >= 11 is 0. The Labute approximate surface area is 171 Å². The van der Waals surface area contributed by atoms with Gasteiger partial charge in [-0.1, -0.05) is 12.1 Å². The van der Waals surface area contributed by atoms with Gasteiger partial charge in [-0.3, -0.25) is 9.78 Å². The van der Waals surface area contributed by atoms with Gasteiger partial charge in [-0.15, -0.1) is 0 Å². The van der Waals surface area contributed by atoms with Crippen LogP contribution >= 0.6 is 0 Å². The van der Waals surface area contributed by atoms with E-state index in [1.807, 2.05) is 29.2 Å². The van der Waals surface area contributed by atoms with E-state index in [-0.39, 0.29) is 11.9 Å². The van der Waals surface area contributed by atoms with Crippen molar-refractivity contribution in [2.75, 3.05) is 33.3 Å². The number of urea groups is 1. The number of aromatic nitrogens is 1. The summed E-state index contributed by atoms with van der Waals surface area (Å²) in [5, 5.41) is 5.85. The molecule has 2 heterocycles. The van der Waals surface area contributed by atoms with Gasteiger partial charge in [0.1, 0.15) is 5.75 Å². The van der Waals surface area contributed by atoms with Gasteiger partial charge in [0.2, 0.25) is 0 Å². The lowest BCUT2D eigenvalue weighted by Gasteiger charge is -2.32. The number of hydrogen-bond acceptors (Lipinski definition) is 4. The van der Waals surface area contributed by atoms with Gasteiger partial charge >= 0.3 is 6.03 Å². The molecular formula is C22H28N4O3. The second-order valence-electron chi connectivity index (χ2n) is 7.21. The molecule has 1 fully saturated rings. The Morgan fingerprint density at radius 3 is 2.41 bits per heavy atom. The SMILES string of the molecule is COc1ccc(CCNC(=O)NCC2CCN(C(=O)c3ccncc3)CC2)cc1. The van der Waals surface area contributed by atoms with Crippen molar-refractivity contribution in [3.05, 3.63) is 59.9 Å². The summed E-state index contributed by atoms with van der Waals surface area (Å²) in [5.41, 5.74) is 1.82. The highest BCUT2D eigenvalue weighted by atomic mass is 16.5. The predicted molar refractivity (Wildman–Crippen MR) is 111 cm³/mol. The lowest BCUT2D eigenvalue weighted by Crippen LogP contribution is -2.43. The fourth-order valence-corrected chi connectivity index (χ4v) is 3.43. The van der Waals surface area contributed by atoms with Crippen LogP contribution in [0.4, 0.5) is 4.79 Å². The molecule has 0 aliphatic carbocycles. The van der Waals surface area contributed by atoms with Crippen molar-refractivity contribution in [1.29, 1.82) is 0 Å². The Hall–Kier alpha value is -3.09. The van der Waals surface area contributed by atoms with Gasteiger partial charge in [-0.2, -0.15) is 0 Å².